The number of rotatable bonds is 7. The summed E-state index contributed by atoms with van der Waals surface area (Å²) in [5, 5.41) is 11.8. The highest BCUT2D eigenvalue weighted by molar-refractivity contribution is 5.95. The number of anilines is 1. The van der Waals surface area contributed by atoms with E-state index in [1.807, 2.05) is 6.92 Å². The molecular weight excluding hydrogens is 312 g/mol. The van der Waals surface area contributed by atoms with E-state index in [-0.39, 0.29) is 12.5 Å². The lowest BCUT2D eigenvalue weighted by atomic mass is 10.2. The summed E-state index contributed by atoms with van der Waals surface area (Å²) in [5.74, 6) is 0.0730. The van der Waals surface area contributed by atoms with Gasteiger partial charge in [0, 0.05) is 18.2 Å². The van der Waals surface area contributed by atoms with E-state index in [0.717, 1.165) is 12.8 Å². The second kappa shape index (κ2) is 8.54. The van der Waals surface area contributed by atoms with Gasteiger partial charge in [0.15, 0.2) is 11.5 Å². The SMILES string of the molecule is CCCN(CC(=O)O)C(C)C(=O)Nc1ccc2c(c1)OCCCO2. The highest BCUT2D eigenvalue weighted by Gasteiger charge is 2.23. The minimum absolute atomic E-state index is 0.163. The maximum absolute atomic E-state index is 12.4. The van der Waals surface area contributed by atoms with E-state index in [0.29, 0.717) is 36.9 Å². The van der Waals surface area contributed by atoms with Gasteiger partial charge in [-0.3, -0.25) is 14.5 Å². The predicted octanol–water partition coefficient (Wildman–Crippen LogP) is 1.97. The Labute approximate surface area is 141 Å². The van der Waals surface area contributed by atoms with Gasteiger partial charge in [0.1, 0.15) is 0 Å². The maximum Gasteiger partial charge on any atom is 0.317 e. The zero-order valence-electron chi connectivity index (χ0n) is 14.1. The van der Waals surface area contributed by atoms with Gasteiger partial charge >= 0.3 is 5.97 Å². The molecule has 0 spiro atoms. The van der Waals surface area contributed by atoms with E-state index in [1.165, 1.54) is 0 Å². The molecule has 0 fully saturated rings. The molecule has 24 heavy (non-hydrogen) atoms. The second-order valence-corrected chi connectivity index (χ2v) is 5.74. The lowest BCUT2D eigenvalue weighted by molar-refractivity contribution is -0.139. The zero-order valence-corrected chi connectivity index (χ0v) is 14.1. The van der Waals surface area contributed by atoms with Crippen LogP contribution in [0.25, 0.3) is 0 Å². The summed E-state index contributed by atoms with van der Waals surface area (Å²) in [6, 6.07) is 4.70. The van der Waals surface area contributed by atoms with Gasteiger partial charge in [-0.15, -0.1) is 0 Å². The smallest absolute Gasteiger partial charge is 0.317 e. The van der Waals surface area contributed by atoms with Gasteiger partial charge in [0.2, 0.25) is 5.91 Å². The number of hydrogen-bond donors (Lipinski definition) is 2. The summed E-state index contributed by atoms with van der Waals surface area (Å²) >= 11 is 0. The maximum atomic E-state index is 12.4. The summed E-state index contributed by atoms with van der Waals surface area (Å²) in [6.07, 6.45) is 1.59. The van der Waals surface area contributed by atoms with Crippen LogP contribution in [0.3, 0.4) is 0 Å². The number of carbonyl (C=O) groups is 2. The van der Waals surface area contributed by atoms with E-state index in [9.17, 15) is 9.59 Å². The van der Waals surface area contributed by atoms with Crippen molar-refractivity contribution < 1.29 is 24.2 Å². The number of aliphatic carboxylic acids is 1. The van der Waals surface area contributed by atoms with Crippen molar-refractivity contribution in [3.05, 3.63) is 18.2 Å². The second-order valence-electron chi connectivity index (χ2n) is 5.74. The molecule has 0 aliphatic carbocycles. The third-order valence-corrected chi connectivity index (χ3v) is 3.79. The van der Waals surface area contributed by atoms with Gasteiger partial charge in [-0.2, -0.15) is 0 Å². The number of ether oxygens (including phenoxy) is 2. The standard InChI is InChI=1S/C17H24N2O5/c1-3-7-19(11-16(20)21)12(2)17(22)18-13-5-6-14-15(10-13)24-9-4-8-23-14/h5-6,10,12H,3-4,7-9,11H2,1-2H3,(H,18,22)(H,20,21). The summed E-state index contributed by atoms with van der Waals surface area (Å²) in [4.78, 5) is 25.0. The van der Waals surface area contributed by atoms with Gasteiger partial charge < -0.3 is 19.9 Å². The Morgan fingerprint density at radius 2 is 2.00 bits per heavy atom. The largest absolute Gasteiger partial charge is 0.490 e. The minimum Gasteiger partial charge on any atom is -0.490 e. The molecule has 7 heteroatoms. The van der Waals surface area contributed by atoms with Crippen LogP contribution in [0.2, 0.25) is 0 Å². The molecule has 132 valence electrons. The lowest BCUT2D eigenvalue weighted by Crippen LogP contribution is -2.44. The number of fused-ring (bicyclic) bond motifs is 1. The summed E-state index contributed by atoms with van der Waals surface area (Å²) in [6.45, 7) is 5.21. The van der Waals surface area contributed by atoms with Gasteiger partial charge in [-0.1, -0.05) is 6.92 Å². The van der Waals surface area contributed by atoms with Crippen LogP contribution in [-0.2, 0) is 9.59 Å². The van der Waals surface area contributed by atoms with Crippen LogP contribution >= 0.6 is 0 Å². The number of carboxylic acids is 1. The molecule has 0 saturated heterocycles. The van der Waals surface area contributed by atoms with Gasteiger partial charge in [-0.05, 0) is 32.0 Å². The van der Waals surface area contributed by atoms with Crippen LogP contribution < -0.4 is 14.8 Å². The van der Waals surface area contributed by atoms with E-state index in [4.69, 9.17) is 14.6 Å². The summed E-state index contributed by atoms with van der Waals surface area (Å²) in [7, 11) is 0. The molecule has 2 rings (SSSR count). The average Bonchev–Trinajstić information content (AvgIpc) is 2.78. The van der Waals surface area contributed by atoms with E-state index in [1.54, 1.807) is 30.0 Å². The van der Waals surface area contributed by atoms with Crippen molar-refractivity contribution in [1.29, 1.82) is 0 Å². The molecule has 0 aromatic heterocycles. The first kappa shape index (κ1) is 18.1. The monoisotopic (exact) mass is 336 g/mol. The number of amides is 1. The van der Waals surface area contributed by atoms with Crippen molar-refractivity contribution in [2.24, 2.45) is 0 Å². The molecule has 7 nitrogen and oxygen atoms in total. The fourth-order valence-electron chi connectivity index (χ4n) is 2.52. The molecule has 0 saturated carbocycles. The summed E-state index contributed by atoms with van der Waals surface area (Å²) < 4.78 is 11.2. The van der Waals surface area contributed by atoms with Crippen LogP contribution in [0.15, 0.2) is 18.2 Å². The van der Waals surface area contributed by atoms with Crippen LogP contribution in [0.4, 0.5) is 5.69 Å². The molecule has 0 bridgehead atoms. The number of benzene rings is 1. The van der Waals surface area contributed by atoms with E-state index in [2.05, 4.69) is 5.32 Å². The average molecular weight is 336 g/mol. The normalized spacial score (nSPS) is 14.8. The molecule has 1 aromatic rings. The number of nitrogens with zero attached hydrogens (tertiary/aromatic N) is 1. The Balaban J connectivity index is 2.04. The number of carboxylic acid groups (broad SMARTS) is 1. The first-order valence-corrected chi connectivity index (χ1v) is 8.17. The van der Waals surface area contributed by atoms with Crippen molar-refractivity contribution >= 4 is 17.6 Å². The highest BCUT2D eigenvalue weighted by atomic mass is 16.5. The molecule has 1 aromatic carbocycles. The first-order valence-electron chi connectivity index (χ1n) is 8.17. The van der Waals surface area contributed by atoms with Crippen molar-refractivity contribution in [2.75, 3.05) is 31.6 Å². The Kier molecular flexibility index (Phi) is 6.43. The molecular formula is C17H24N2O5. The van der Waals surface area contributed by atoms with Gasteiger partial charge in [0.25, 0.3) is 0 Å². The predicted molar refractivity (Wildman–Crippen MR) is 89.6 cm³/mol. The van der Waals surface area contributed by atoms with Crippen LogP contribution in [0.1, 0.15) is 26.7 Å². The third-order valence-electron chi connectivity index (χ3n) is 3.79. The fraction of sp³-hybridized carbons (Fsp3) is 0.529. The van der Waals surface area contributed by atoms with E-state index < -0.39 is 12.0 Å². The van der Waals surface area contributed by atoms with Crippen LogP contribution in [0.5, 0.6) is 11.5 Å². The number of carbonyl (C=O) groups excluding carboxylic acids is 1. The molecule has 1 heterocycles. The third kappa shape index (κ3) is 4.86. The lowest BCUT2D eigenvalue weighted by Gasteiger charge is -2.26. The Morgan fingerprint density at radius 1 is 1.29 bits per heavy atom. The van der Waals surface area contributed by atoms with Crippen molar-refractivity contribution in [3.8, 4) is 11.5 Å². The number of hydrogen-bond acceptors (Lipinski definition) is 5. The minimum atomic E-state index is -0.946. The van der Waals surface area contributed by atoms with Crippen LogP contribution in [-0.4, -0.2) is 54.2 Å². The first-order chi connectivity index (χ1) is 11.5. The van der Waals surface area contributed by atoms with Crippen LogP contribution in [0, 0.1) is 0 Å². The topological polar surface area (TPSA) is 88.1 Å². The molecule has 1 amide bonds. The molecule has 1 aliphatic heterocycles. The molecule has 1 atom stereocenters. The number of nitrogens with one attached hydrogen (secondary N) is 1. The van der Waals surface area contributed by atoms with Gasteiger partial charge in [-0.25, -0.2) is 0 Å². The molecule has 2 N–H and O–H groups in total. The fourth-order valence-corrected chi connectivity index (χ4v) is 2.52. The van der Waals surface area contributed by atoms with Crippen molar-refractivity contribution in [3.63, 3.8) is 0 Å². The highest BCUT2D eigenvalue weighted by Crippen LogP contribution is 2.32. The molecule has 1 unspecified atom stereocenters. The van der Waals surface area contributed by atoms with Crippen molar-refractivity contribution in [1.82, 2.24) is 4.90 Å². The summed E-state index contributed by atoms with van der Waals surface area (Å²) in [5.41, 5.74) is 0.600. The van der Waals surface area contributed by atoms with Crippen molar-refractivity contribution in [2.45, 2.75) is 32.7 Å². The Hall–Kier alpha value is -2.28. The van der Waals surface area contributed by atoms with E-state index >= 15 is 0 Å². The van der Waals surface area contributed by atoms with Gasteiger partial charge in [0.05, 0.1) is 25.8 Å². The quantitative estimate of drug-likeness (QED) is 0.791. The molecule has 1 aliphatic rings. The molecule has 0 radical (unpaired) electrons. The Bertz CT molecular complexity index is 590. The Morgan fingerprint density at radius 3 is 2.67 bits per heavy atom. The zero-order chi connectivity index (χ0) is 17.5.